The molecule has 0 aliphatic heterocycles. The summed E-state index contributed by atoms with van der Waals surface area (Å²) in [7, 11) is 0. The van der Waals surface area contributed by atoms with E-state index in [2.05, 4.69) is 20.5 Å². The lowest BCUT2D eigenvalue weighted by atomic mass is 10.1. The van der Waals surface area contributed by atoms with Gasteiger partial charge < -0.3 is 10.1 Å². The highest BCUT2D eigenvalue weighted by Gasteiger charge is 2.15. The third-order valence-corrected chi connectivity index (χ3v) is 5.62. The first kappa shape index (κ1) is 23.7. The number of hydrogen-bond acceptors (Lipinski definition) is 8. The number of hydrogen-bond donors (Lipinski definition) is 3. The maximum absolute atomic E-state index is 12.5. The van der Waals surface area contributed by atoms with Crippen LogP contribution in [0, 0.1) is 17.0 Å². The van der Waals surface area contributed by atoms with E-state index in [1.807, 2.05) is 6.92 Å². The first-order valence-corrected chi connectivity index (χ1v) is 10.9. The minimum absolute atomic E-state index is 0.0315. The third kappa shape index (κ3) is 5.83. The quantitative estimate of drug-likeness (QED) is 0.151. The molecule has 33 heavy (non-hydrogen) atoms. The number of aromatic nitrogens is 2. The minimum Gasteiger partial charge on any atom is -0.507 e. The summed E-state index contributed by atoms with van der Waals surface area (Å²) in [6, 6.07) is 11.8. The maximum Gasteiger partial charge on any atom is 0.275 e. The maximum atomic E-state index is 12.5. The SMILES string of the molecule is CCc1c(C)nc(SCC(=NNC(=O)c2ccccc2O)c2cccc([N+](=O)[O-])c2)[nH]c1=O. The van der Waals surface area contributed by atoms with Crippen molar-refractivity contribution in [3.8, 4) is 5.75 Å². The summed E-state index contributed by atoms with van der Waals surface area (Å²) < 4.78 is 0. The van der Waals surface area contributed by atoms with Gasteiger partial charge in [-0.05, 0) is 25.5 Å². The topological polar surface area (TPSA) is 151 Å². The van der Waals surface area contributed by atoms with Crippen molar-refractivity contribution in [3.63, 3.8) is 0 Å². The van der Waals surface area contributed by atoms with E-state index in [1.165, 1.54) is 42.1 Å². The summed E-state index contributed by atoms with van der Waals surface area (Å²) in [5.41, 5.74) is 3.99. The number of H-pyrrole nitrogens is 1. The van der Waals surface area contributed by atoms with E-state index < -0.39 is 10.8 Å². The second-order valence-electron chi connectivity index (χ2n) is 6.90. The Balaban J connectivity index is 1.90. The van der Waals surface area contributed by atoms with Crippen molar-refractivity contribution in [1.29, 1.82) is 0 Å². The van der Waals surface area contributed by atoms with Gasteiger partial charge in [-0.15, -0.1) is 0 Å². The molecular formula is C22H21N5O5S. The van der Waals surface area contributed by atoms with Crippen LogP contribution in [0.15, 0.2) is 63.6 Å². The highest BCUT2D eigenvalue weighted by molar-refractivity contribution is 7.99. The first-order valence-electron chi connectivity index (χ1n) is 9.92. The lowest BCUT2D eigenvalue weighted by Gasteiger charge is -2.09. The van der Waals surface area contributed by atoms with Crippen molar-refractivity contribution in [2.75, 3.05) is 5.75 Å². The number of nitrogens with one attached hydrogen (secondary N) is 2. The predicted molar refractivity (Wildman–Crippen MR) is 125 cm³/mol. The Kier molecular flexibility index (Phi) is 7.57. The zero-order valence-corrected chi connectivity index (χ0v) is 18.7. The van der Waals surface area contributed by atoms with E-state index >= 15 is 0 Å². The van der Waals surface area contributed by atoms with Crippen molar-refractivity contribution in [2.45, 2.75) is 25.4 Å². The fourth-order valence-corrected chi connectivity index (χ4v) is 3.90. The predicted octanol–water partition coefficient (Wildman–Crippen LogP) is 3.18. The number of nitrogens with zero attached hydrogens (tertiary/aromatic N) is 3. The molecule has 2 aromatic carbocycles. The lowest BCUT2D eigenvalue weighted by Crippen LogP contribution is -2.21. The second kappa shape index (κ2) is 10.6. The molecule has 0 fully saturated rings. The molecule has 170 valence electrons. The molecule has 0 aliphatic rings. The van der Waals surface area contributed by atoms with Crippen LogP contribution in [-0.4, -0.2) is 37.4 Å². The zero-order chi connectivity index (χ0) is 24.0. The number of aryl methyl sites for hydroxylation is 1. The molecule has 0 unspecified atom stereocenters. The van der Waals surface area contributed by atoms with Crippen molar-refractivity contribution >= 4 is 29.1 Å². The van der Waals surface area contributed by atoms with Crippen LogP contribution in [0.5, 0.6) is 5.75 Å². The van der Waals surface area contributed by atoms with Crippen LogP contribution in [0.4, 0.5) is 5.69 Å². The molecule has 0 saturated carbocycles. The van der Waals surface area contributed by atoms with Gasteiger partial charge in [-0.1, -0.05) is 43.0 Å². The van der Waals surface area contributed by atoms with Gasteiger partial charge in [-0.25, -0.2) is 10.4 Å². The smallest absolute Gasteiger partial charge is 0.275 e. The standard InChI is InChI=1S/C22H21N5O5S/c1-3-16-13(2)23-22(24-20(16)29)33-12-18(14-7-6-8-15(11-14)27(31)32)25-26-21(30)17-9-4-5-10-19(17)28/h4-11,28H,3,12H2,1-2H3,(H,26,30)(H,23,24,29). The fourth-order valence-electron chi connectivity index (χ4n) is 3.03. The summed E-state index contributed by atoms with van der Waals surface area (Å²) in [5.74, 6) is -0.698. The van der Waals surface area contributed by atoms with Crippen molar-refractivity contribution in [2.24, 2.45) is 5.10 Å². The molecule has 0 bridgehead atoms. The number of para-hydroxylation sites is 1. The number of nitro groups is 1. The number of non-ortho nitro benzene ring substituents is 1. The third-order valence-electron chi connectivity index (χ3n) is 4.73. The number of carbonyl (C=O) groups excluding carboxylic acids is 1. The number of rotatable bonds is 8. The Morgan fingerprint density at radius 1 is 1.27 bits per heavy atom. The molecular weight excluding hydrogens is 446 g/mol. The van der Waals surface area contributed by atoms with Gasteiger partial charge in [0.1, 0.15) is 5.75 Å². The number of carbonyl (C=O) groups is 1. The van der Waals surface area contributed by atoms with Gasteiger partial charge in [0.25, 0.3) is 17.2 Å². The highest BCUT2D eigenvalue weighted by Crippen LogP contribution is 2.20. The van der Waals surface area contributed by atoms with Gasteiger partial charge >= 0.3 is 0 Å². The molecule has 0 radical (unpaired) electrons. The molecule has 11 heteroatoms. The summed E-state index contributed by atoms with van der Waals surface area (Å²) in [4.78, 5) is 42.5. The molecule has 1 heterocycles. The summed E-state index contributed by atoms with van der Waals surface area (Å²) in [6.45, 7) is 3.62. The zero-order valence-electron chi connectivity index (χ0n) is 17.9. The molecule has 0 atom stereocenters. The highest BCUT2D eigenvalue weighted by atomic mass is 32.2. The second-order valence-corrected chi connectivity index (χ2v) is 7.87. The van der Waals surface area contributed by atoms with E-state index in [-0.39, 0.29) is 28.3 Å². The van der Waals surface area contributed by atoms with Gasteiger partial charge in [0.05, 0.1) is 16.2 Å². The van der Waals surface area contributed by atoms with Crippen LogP contribution in [-0.2, 0) is 6.42 Å². The van der Waals surface area contributed by atoms with Crippen LogP contribution in [0.3, 0.4) is 0 Å². The molecule has 0 spiro atoms. The molecule has 0 aliphatic carbocycles. The Morgan fingerprint density at radius 3 is 2.70 bits per heavy atom. The number of nitro benzene ring substituents is 1. The number of benzene rings is 2. The van der Waals surface area contributed by atoms with E-state index in [9.17, 15) is 24.8 Å². The van der Waals surface area contributed by atoms with Crippen LogP contribution >= 0.6 is 11.8 Å². The largest absolute Gasteiger partial charge is 0.507 e. The summed E-state index contributed by atoms with van der Waals surface area (Å²) in [6.07, 6.45) is 0.553. The number of amides is 1. The van der Waals surface area contributed by atoms with Crippen LogP contribution in [0.1, 0.15) is 34.1 Å². The van der Waals surface area contributed by atoms with Gasteiger partial charge in [0, 0.05) is 34.7 Å². The molecule has 1 aromatic heterocycles. The van der Waals surface area contributed by atoms with Gasteiger partial charge in [-0.2, -0.15) is 5.10 Å². The molecule has 1 amide bonds. The van der Waals surface area contributed by atoms with E-state index in [4.69, 9.17) is 0 Å². The van der Waals surface area contributed by atoms with E-state index in [0.29, 0.717) is 34.1 Å². The average Bonchev–Trinajstić information content (AvgIpc) is 2.79. The average molecular weight is 468 g/mol. The number of phenolic OH excluding ortho intramolecular Hbond substituents is 1. The molecule has 3 N–H and O–H groups in total. The number of phenols is 1. The first-order chi connectivity index (χ1) is 15.8. The Bertz CT molecular complexity index is 1290. The van der Waals surface area contributed by atoms with Crippen LogP contribution in [0.25, 0.3) is 0 Å². The number of aromatic amines is 1. The molecule has 0 saturated heterocycles. The fraction of sp³-hybridized carbons (Fsp3) is 0.182. The van der Waals surface area contributed by atoms with E-state index in [1.54, 1.807) is 25.1 Å². The summed E-state index contributed by atoms with van der Waals surface area (Å²) in [5, 5.41) is 25.6. The lowest BCUT2D eigenvalue weighted by molar-refractivity contribution is -0.384. The monoisotopic (exact) mass is 467 g/mol. The molecule has 3 aromatic rings. The minimum atomic E-state index is -0.643. The Labute approximate surface area is 192 Å². The van der Waals surface area contributed by atoms with Crippen molar-refractivity contribution in [1.82, 2.24) is 15.4 Å². The number of thioether (sulfide) groups is 1. The normalized spacial score (nSPS) is 11.3. The van der Waals surface area contributed by atoms with E-state index in [0.717, 1.165) is 0 Å². The molecule has 3 rings (SSSR count). The van der Waals surface area contributed by atoms with Crippen molar-refractivity contribution < 1.29 is 14.8 Å². The van der Waals surface area contributed by atoms with Gasteiger partial charge in [0.2, 0.25) is 0 Å². The summed E-state index contributed by atoms with van der Waals surface area (Å²) >= 11 is 1.17. The molecule has 10 nitrogen and oxygen atoms in total. The van der Waals surface area contributed by atoms with Crippen molar-refractivity contribution in [3.05, 3.63) is 91.4 Å². The van der Waals surface area contributed by atoms with Crippen LogP contribution < -0.4 is 11.0 Å². The Hall–Kier alpha value is -3.99. The number of hydrazone groups is 1. The van der Waals surface area contributed by atoms with Gasteiger partial charge in [0.15, 0.2) is 5.16 Å². The van der Waals surface area contributed by atoms with Gasteiger partial charge in [-0.3, -0.25) is 19.7 Å². The van der Waals surface area contributed by atoms with Crippen LogP contribution in [0.2, 0.25) is 0 Å². The Morgan fingerprint density at radius 2 is 2.03 bits per heavy atom. The number of aromatic hydroxyl groups is 1.